The van der Waals surface area contributed by atoms with Gasteiger partial charge in [0.15, 0.2) is 0 Å². The van der Waals surface area contributed by atoms with Gasteiger partial charge in [-0.05, 0) is 12.1 Å². The number of nitrogens with zero attached hydrogens (tertiary/aromatic N) is 2. The predicted molar refractivity (Wildman–Crippen MR) is 52.0 cm³/mol. The highest BCUT2D eigenvalue weighted by Crippen LogP contribution is 2.19. The highest BCUT2D eigenvalue weighted by atomic mass is 16.2. The van der Waals surface area contributed by atoms with Gasteiger partial charge < -0.3 is 4.79 Å². The number of hydrazone groups is 1. The van der Waals surface area contributed by atoms with Gasteiger partial charge in [0.05, 0.1) is 5.69 Å². The lowest BCUT2D eigenvalue weighted by atomic mass is 10.2. The average molecular weight is 188 g/mol. The molecule has 1 aliphatic heterocycles. The van der Waals surface area contributed by atoms with Crippen LogP contribution in [0.5, 0.6) is 0 Å². The fraction of sp³-hybridized carbons (Fsp3) is 0.100. The van der Waals surface area contributed by atoms with Gasteiger partial charge in [-0.25, -0.2) is 5.01 Å². The summed E-state index contributed by atoms with van der Waals surface area (Å²) in [5, 5.41) is 5.10. The molecule has 4 nitrogen and oxygen atoms in total. The molecule has 0 aliphatic carbocycles. The molecule has 1 unspecified atom stereocenters. The van der Waals surface area contributed by atoms with Crippen molar-refractivity contribution in [1.29, 1.82) is 0 Å². The number of aldehydes is 1. The Morgan fingerprint density at radius 3 is 2.57 bits per heavy atom. The normalized spacial score (nSPS) is 20.1. The topological polar surface area (TPSA) is 49.7 Å². The molecule has 14 heavy (non-hydrogen) atoms. The fourth-order valence-electron chi connectivity index (χ4n) is 1.26. The first-order chi connectivity index (χ1) is 6.83. The van der Waals surface area contributed by atoms with E-state index in [1.165, 1.54) is 11.2 Å². The summed E-state index contributed by atoms with van der Waals surface area (Å²) in [6.45, 7) is 0. The molecule has 0 saturated carbocycles. The molecule has 1 heterocycles. The fourth-order valence-corrected chi connectivity index (χ4v) is 1.26. The second kappa shape index (κ2) is 3.41. The highest BCUT2D eigenvalue weighted by molar-refractivity contribution is 6.16. The molecule has 0 saturated heterocycles. The molecule has 1 aromatic rings. The first-order valence-corrected chi connectivity index (χ1v) is 4.21. The molecular formula is C10H8N2O2. The summed E-state index contributed by atoms with van der Waals surface area (Å²) in [5.74, 6) is -1.03. The van der Waals surface area contributed by atoms with E-state index in [-0.39, 0.29) is 5.91 Å². The molecule has 2 rings (SSSR count). The van der Waals surface area contributed by atoms with E-state index in [0.29, 0.717) is 12.0 Å². The van der Waals surface area contributed by atoms with Gasteiger partial charge >= 0.3 is 0 Å². The van der Waals surface area contributed by atoms with E-state index < -0.39 is 5.92 Å². The van der Waals surface area contributed by atoms with Gasteiger partial charge in [0.1, 0.15) is 12.2 Å². The summed E-state index contributed by atoms with van der Waals surface area (Å²) >= 11 is 0. The van der Waals surface area contributed by atoms with E-state index in [1.54, 1.807) is 12.1 Å². The zero-order valence-electron chi connectivity index (χ0n) is 7.33. The third-order valence-corrected chi connectivity index (χ3v) is 1.98. The van der Waals surface area contributed by atoms with Gasteiger partial charge in [-0.15, -0.1) is 0 Å². The molecule has 1 amide bonds. The minimum absolute atomic E-state index is 0.300. The second-order valence-corrected chi connectivity index (χ2v) is 2.91. The summed E-state index contributed by atoms with van der Waals surface area (Å²) in [7, 11) is 0. The number of anilines is 1. The Morgan fingerprint density at radius 2 is 2.00 bits per heavy atom. The Labute approximate surface area is 80.8 Å². The van der Waals surface area contributed by atoms with Crippen LogP contribution in [0.15, 0.2) is 35.4 Å². The van der Waals surface area contributed by atoms with Crippen molar-refractivity contribution in [3.05, 3.63) is 30.3 Å². The SMILES string of the molecule is O=CC1C=NN(c2ccccc2)C1=O. The van der Waals surface area contributed by atoms with E-state index in [9.17, 15) is 9.59 Å². The number of carbonyl (C=O) groups excluding carboxylic acids is 2. The van der Waals surface area contributed by atoms with E-state index in [1.807, 2.05) is 18.2 Å². The molecule has 4 heteroatoms. The van der Waals surface area contributed by atoms with Crippen LogP contribution in [-0.2, 0) is 9.59 Å². The summed E-state index contributed by atoms with van der Waals surface area (Å²) in [4.78, 5) is 22.0. The van der Waals surface area contributed by atoms with Gasteiger partial charge in [-0.1, -0.05) is 18.2 Å². The highest BCUT2D eigenvalue weighted by Gasteiger charge is 2.28. The average Bonchev–Trinajstić information content (AvgIpc) is 2.61. The van der Waals surface area contributed by atoms with Crippen molar-refractivity contribution in [3.63, 3.8) is 0 Å². The Bertz CT molecular complexity index is 386. The number of amides is 1. The van der Waals surface area contributed by atoms with Crippen LogP contribution < -0.4 is 5.01 Å². The third kappa shape index (κ3) is 1.31. The van der Waals surface area contributed by atoms with Crippen LogP contribution in [-0.4, -0.2) is 18.4 Å². The van der Waals surface area contributed by atoms with Crippen molar-refractivity contribution in [2.45, 2.75) is 0 Å². The van der Waals surface area contributed by atoms with Crippen LogP contribution in [0.3, 0.4) is 0 Å². The minimum atomic E-state index is -0.727. The molecule has 1 aromatic carbocycles. The summed E-state index contributed by atoms with van der Waals surface area (Å²) in [6.07, 6.45) is 1.94. The first kappa shape index (κ1) is 8.62. The van der Waals surface area contributed by atoms with E-state index in [2.05, 4.69) is 5.10 Å². The van der Waals surface area contributed by atoms with Crippen molar-refractivity contribution >= 4 is 24.1 Å². The number of benzene rings is 1. The van der Waals surface area contributed by atoms with Crippen molar-refractivity contribution < 1.29 is 9.59 Å². The minimum Gasteiger partial charge on any atom is -0.302 e. The smallest absolute Gasteiger partial charge is 0.263 e. The van der Waals surface area contributed by atoms with Crippen LogP contribution in [0.4, 0.5) is 5.69 Å². The summed E-state index contributed by atoms with van der Waals surface area (Å²) in [6, 6.07) is 9.01. The second-order valence-electron chi connectivity index (χ2n) is 2.91. The quantitative estimate of drug-likeness (QED) is 0.510. The van der Waals surface area contributed by atoms with Crippen LogP contribution in [0, 0.1) is 5.92 Å². The van der Waals surface area contributed by atoms with E-state index in [0.717, 1.165) is 0 Å². The molecule has 1 atom stereocenters. The van der Waals surface area contributed by atoms with Crippen LogP contribution >= 0.6 is 0 Å². The largest absolute Gasteiger partial charge is 0.302 e. The van der Waals surface area contributed by atoms with Gasteiger partial charge in [0.25, 0.3) is 5.91 Å². The van der Waals surface area contributed by atoms with Gasteiger partial charge in [0, 0.05) is 6.21 Å². The third-order valence-electron chi connectivity index (χ3n) is 1.98. The van der Waals surface area contributed by atoms with Gasteiger partial charge in [-0.3, -0.25) is 4.79 Å². The van der Waals surface area contributed by atoms with Crippen molar-refractivity contribution in [3.8, 4) is 0 Å². The molecule has 0 spiro atoms. The summed E-state index contributed by atoms with van der Waals surface area (Å²) in [5.41, 5.74) is 0.679. The van der Waals surface area contributed by atoms with Crippen LogP contribution in [0.2, 0.25) is 0 Å². The molecular weight excluding hydrogens is 180 g/mol. The first-order valence-electron chi connectivity index (χ1n) is 4.21. The van der Waals surface area contributed by atoms with Crippen LogP contribution in [0.25, 0.3) is 0 Å². The van der Waals surface area contributed by atoms with E-state index in [4.69, 9.17) is 0 Å². The molecule has 70 valence electrons. The number of carbonyl (C=O) groups is 2. The lowest BCUT2D eigenvalue weighted by Gasteiger charge is -2.11. The van der Waals surface area contributed by atoms with Crippen molar-refractivity contribution in [2.24, 2.45) is 11.0 Å². The lowest BCUT2D eigenvalue weighted by Crippen LogP contribution is -2.26. The predicted octanol–water partition coefficient (Wildman–Crippen LogP) is 0.834. The monoisotopic (exact) mass is 188 g/mol. The van der Waals surface area contributed by atoms with Crippen molar-refractivity contribution in [2.75, 3.05) is 5.01 Å². The number of rotatable bonds is 2. The lowest BCUT2D eigenvalue weighted by molar-refractivity contribution is -0.123. The van der Waals surface area contributed by atoms with E-state index >= 15 is 0 Å². The maximum atomic E-state index is 11.5. The maximum Gasteiger partial charge on any atom is 0.263 e. The Hall–Kier alpha value is -1.97. The number of hydrogen-bond donors (Lipinski definition) is 0. The zero-order chi connectivity index (χ0) is 9.97. The molecule has 0 fully saturated rings. The number of hydrogen-bond acceptors (Lipinski definition) is 3. The molecule has 0 N–H and O–H groups in total. The number of para-hydroxylation sites is 1. The Morgan fingerprint density at radius 1 is 1.29 bits per heavy atom. The van der Waals surface area contributed by atoms with Crippen molar-refractivity contribution in [1.82, 2.24) is 0 Å². The Kier molecular flexibility index (Phi) is 2.10. The summed E-state index contributed by atoms with van der Waals surface area (Å²) < 4.78 is 0. The molecule has 1 aliphatic rings. The van der Waals surface area contributed by atoms with Gasteiger partial charge in [0.2, 0.25) is 0 Å². The molecule has 0 aromatic heterocycles. The molecule has 0 radical (unpaired) electrons. The zero-order valence-corrected chi connectivity index (χ0v) is 7.33. The Balaban J connectivity index is 2.27. The maximum absolute atomic E-state index is 11.5. The molecule has 0 bridgehead atoms. The van der Waals surface area contributed by atoms with Gasteiger partial charge in [-0.2, -0.15) is 5.10 Å². The standard InChI is InChI=1S/C10H8N2O2/c13-7-8-6-11-12(10(8)14)9-4-2-1-3-5-9/h1-8H. The van der Waals surface area contributed by atoms with Crippen LogP contribution in [0.1, 0.15) is 0 Å².